The number of rotatable bonds is 7. The molecule has 0 radical (unpaired) electrons. The van der Waals surface area contributed by atoms with E-state index < -0.39 is 5.82 Å². The van der Waals surface area contributed by atoms with E-state index in [1.165, 1.54) is 42.5 Å². The third-order valence-corrected chi connectivity index (χ3v) is 5.38. The molecule has 144 valence electrons. The quantitative estimate of drug-likeness (QED) is 0.450. The molecule has 0 aliphatic heterocycles. The number of hydrogen-bond acceptors (Lipinski definition) is 6. The lowest BCUT2D eigenvalue weighted by Crippen LogP contribution is -2.14. The Morgan fingerprint density at radius 2 is 1.71 bits per heavy atom. The number of thioether (sulfide) groups is 1. The number of para-hydroxylation sites is 1. The van der Waals surface area contributed by atoms with Crippen molar-refractivity contribution in [2.45, 2.75) is 10.8 Å². The number of aromatic nitrogens is 2. The van der Waals surface area contributed by atoms with E-state index in [9.17, 15) is 18.4 Å². The van der Waals surface area contributed by atoms with Gasteiger partial charge in [0.15, 0.2) is 4.34 Å². The zero-order chi connectivity index (χ0) is 19.9. The molecular weight excluding hydrogens is 406 g/mol. The molecule has 0 bridgehead atoms. The summed E-state index contributed by atoms with van der Waals surface area (Å²) in [5.74, 6) is -1.55. The number of anilines is 2. The Bertz CT molecular complexity index is 980. The summed E-state index contributed by atoms with van der Waals surface area (Å²) in [7, 11) is 0. The third kappa shape index (κ3) is 5.83. The van der Waals surface area contributed by atoms with E-state index in [0.717, 1.165) is 23.1 Å². The minimum Gasteiger partial charge on any atom is -0.323 e. The Morgan fingerprint density at radius 3 is 2.46 bits per heavy atom. The summed E-state index contributed by atoms with van der Waals surface area (Å²) in [6.45, 7) is 0. The second kappa shape index (κ2) is 9.38. The van der Waals surface area contributed by atoms with E-state index in [2.05, 4.69) is 20.8 Å². The molecule has 3 aromatic rings. The molecule has 28 heavy (non-hydrogen) atoms. The molecule has 0 spiro atoms. The predicted molar refractivity (Wildman–Crippen MR) is 104 cm³/mol. The summed E-state index contributed by atoms with van der Waals surface area (Å²) >= 11 is 2.24. The lowest BCUT2D eigenvalue weighted by molar-refractivity contribution is -0.115. The van der Waals surface area contributed by atoms with Crippen LogP contribution in [0.5, 0.6) is 0 Å². The Balaban J connectivity index is 1.47. The van der Waals surface area contributed by atoms with Gasteiger partial charge >= 0.3 is 0 Å². The first kappa shape index (κ1) is 19.9. The minimum atomic E-state index is -0.511. The van der Waals surface area contributed by atoms with E-state index in [1.54, 1.807) is 6.07 Å². The number of carbonyl (C=O) groups excluding carboxylic acids is 2. The van der Waals surface area contributed by atoms with Crippen LogP contribution in [0.15, 0.2) is 52.9 Å². The van der Waals surface area contributed by atoms with Gasteiger partial charge in [-0.05, 0) is 29.8 Å². The first-order chi connectivity index (χ1) is 13.5. The van der Waals surface area contributed by atoms with Gasteiger partial charge in [0, 0.05) is 0 Å². The molecule has 0 atom stereocenters. The zero-order valence-corrected chi connectivity index (χ0v) is 15.9. The standard InChI is InChI=1S/C18H14F2N4O2S2/c19-12-7-5-11(6-8-12)9-15(25)22-17-23-24-18(28-17)27-10-16(26)21-14-4-2-1-3-13(14)20/h1-8H,9-10H2,(H,21,26)(H,22,23,25). The molecule has 0 saturated carbocycles. The third-order valence-electron chi connectivity index (χ3n) is 3.41. The normalized spacial score (nSPS) is 10.5. The summed E-state index contributed by atoms with van der Waals surface area (Å²) in [6, 6.07) is 11.5. The fraction of sp³-hybridized carbons (Fsp3) is 0.111. The van der Waals surface area contributed by atoms with Crippen molar-refractivity contribution < 1.29 is 18.4 Å². The second-order valence-electron chi connectivity index (χ2n) is 5.54. The van der Waals surface area contributed by atoms with Crippen molar-refractivity contribution in [2.24, 2.45) is 0 Å². The molecule has 2 amide bonds. The highest BCUT2D eigenvalue weighted by Crippen LogP contribution is 2.26. The zero-order valence-electron chi connectivity index (χ0n) is 14.3. The molecule has 0 aliphatic rings. The predicted octanol–water partition coefficient (Wildman–Crippen LogP) is 3.73. The van der Waals surface area contributed by atoms with Crippen LogP contribution in [0.25, 0.3) is 0 Å². The summed E-state index contributed by atoms with van der Waals surface area (Å²) in [5.41, 5.74) is 0.780. The molecule has 0 aliphatic carbocycles. The van der Waals surface area contributed by atoms with Crippen molar-refractivity contribution in [1.29, 1.82) is 0 Å². The number of benzene rings is 2. The highest BCUT2D eigenvalue weighted by atomic mass is 32.2. The largest absolute Gasteiger partial charge is 0.323 e. The van der Waals surface area contributed by atoms with Crippen LogP contribution in [0.1, 0.15) is 5.56 Å². The molecular formula is C18H14F2N4O2S2. The Labute approximate surface area is 167 Å². The van der Waals surface area contributed by atoms with Crippen molar-refractivity contribution >= 4 is 45.7 Å². The fourth-order valence-corrected chi connectivity index (χ4v) is 3.71. The Kier molecular flexibility index (Phi) is 6.66. The van der Waals surface area contributed by atoms with Gasteiger partial charge in [-0.25, -0.2) is 8.78 Å². The average molecular weight is 420 g/mol. The summed E-state index contributed by atoms with van der Waals surface area (Å²) in [6.07, 6.45) is 0.0768. The lowest BCUT2D eigenvalue weighted by Gasteiger charge is -2.04. The SMILES string of the molecule is O=C(Cc1ccc(F)cc1)Nc1nnc(SCC(=O)Nc2ccccc2F)s1. The number of hydrogen-bond donors (Lipinski definition) is 2. The molecule has 2 N–H and O–H groups in total. The van der Waals surface area contributed by atoms with E-state index in [-0.39, 0.29) is 35.5 Å². The Hall–Kier alpha value is -2.85. The topological polar surface area (TPSA) is 84.0 Å². The van der Waals surface area contributed by atoms with Gasteiger partial charge in [0.1, 0.15) is 11.6 Å². The monoisotopic (exact) mass is 420 g/mol. The van der Waals surface area contributed by atoms with Crippen LogP contribution in [-0.4, -0.2) is 27.8 Å². The maximum atomic E-state index is 13.5. The van der Waals surface area contributed by atoms with Crippen molar-refractivity contribution in [2.75, 3.05) is 16.4 Å². The first-order valence-corrected chi connectivity index (χ1v) is 9.85. The molecule has 0 saturated heterocycles. The van der Waals surface area contributed by atoms with Crippen molar-refractivity contribution in [3.05, 3.63) is 65.7 Å². The summed E-state index contributed by atoms with van der Waals surface area (Å²) in [5, 5.41) is 13.1. The van der Waals surface area contributed by atoms with Gasteiger partial charge < -0.3 is 10.6 Å². The van der Waals surface area contributed by atoms with Gasteiger partial charge in [-0.1, -0.05) is 47.4 Å². The molecule has 3 rings (SSSR count). The van der Waals surface area contributed by atoms with Gasteiger partial charge in [0.2, 0.25) is 16.9 Å². The maximum Gasteiger partial charge on any atom is 0.234 e. The van der Waals surface area contributed by atoms with Crippen molar-refractivity contribution in [3.8, 4) is 0 Å². The number of nitrogens with one attached hydrogen (secondary N) is 2. The van der Waals surface area contributed by atoms with Gasteiger partial charge in [-0.3, -0.25) is 9.59 Å². The molecule has 10 heteroatoms. The molecule has 1 heterocycles. The van der Waals surface area contributed by atoms with Crippen molar-refractivity contribution in [1.82, 2.24) is 10.2 Å². The molecule has 0 unspecified atom stereocenters. The molecule has 1 aromatic heterocycles. The maximum absolute atomic E-state index is 13.5. The number of halogens is 2. The van der Waals surface area contributed by atoms with Crippen LogP contribution in [0, 0.1) is 11.6 Å². The van der Waals surface area contributed by atoms with E-state index in [0.29, 0.717) is 15.0 Å². The van der Waals surface area contributed by atoms with Crippen LogP contribution in [0.3, 0.4) is 0 Å². The summed E-state index contributed by atoms with van der Waals surface area (Å²) in [4.78, 5) is 23.9. The highest BCUT2D eigenvalue weighted by molar-refractivity contribution is 8.01. The Morgan fingerprint density at radius 1 is 0.964 bits per heavy atom. The molecule has 6 nitrogen and oxygen atoms in total. The van der Waals surface area contributed by atoms with Crippen LogP contribution in [-0.2, 0) is 16.0 Å². The fourth-order valence-electron chi connectivity index (χ4n) is 2.15. The number of nitrogens with zero attached hydrogens (tertiary/aromatic N) is 2. The van der Waals surface area contributed by atoms with E-state index in [4.69, 9.17) is 0 Å². The lowest BCUT2D eigenvalue weighted by atomic mass is 10.1. The van der Waals surface area contributed by atoms with Gasteiger partial charge in [-0.15, -0.1) is 10.2 Å². The number of carbonyl (C=O) groups is 2. The average Bonchev–Trinajstić information content (AvgIpc) is 3.11. The first-order valence-electron chi connectivity index (χ1n) is 8.04. The van der Waals surface area contributed by atoms with Gasteiger partial charge in [0.05, 0.1) is 17.9 Å². The smallest absolute Gasteiger partial charge is 0.234 e. The van der Waals surface area contributed by atoms with Crippen LogP contribution in [0.4, 0.5) is 19.6 Å². The van der Waals surface area contributed by atoms with Crippen LogP contribution < -0.4 is 10.6 Å². The van der Waals surface area contributed by atoms with Crippen LogP contribution >= 0.6 is 23.1 Å². The molecule has 0 fully saturated rings. The van der Waals surface area contributed by atoms with E-state index >= 15 is 0 Å². The number of amides is 2. The summed E-state index contributed by atoms with van der Waals surface area (Å²) < 4.78 is 26.9. The van der Waals surface area contributed by atoms with Crippen LogP contribution in [0.2, 0.25) is 0 Å². The van der Waals surface area contributed by atoms with Gasteiger partial charge in [0.25, 0.3) is 0 Å². The van der Waals surface area contributed by atoms with Gasteiger partial charge in [-0.2, -0.15) is 0 Å². The second-order valence-corrected chi connectivity index (χ2v) is 7.74. The highest BCUT2D eigenvalue weighted by Gasteiger charge is 2.12. The molecule has 2 aromatic carbocycles. The van der Waals surface area contributed by atoms with Crippen molar-refractivity contribution in [3.63, 3.8) is 0 Å². The minimum absolute atomic E-state index is 0.0203. The van der Waals surface area contributed by atoms with E-state index in [1.807, 2.05) is 0 Å².